The van der Waals surface area contributed by atoms with E-state index in [2.05, 4.69) is 10.3 Å². The zero-order valence-electron chi connectivity index (χ0n) is 17.8. The van der Waals surface area contributed by atoms with Crippen molar-refractivity contribution < 1.29 is 23.1 Å². The second-order valence-corrected chi connectivity index (χ2v) is 7.85. The number of fused-ring (bicyclic) bond motifs is 1. The molecular formula is C25H20ClF2N3O3. The third-order valence-corrected chi connectivity index (χ3v) is 5.55. The summed E-state index contributed by atoms with van der Waals surface area (Å²) in [6, 6.07) is 21.2. The number of carbonyl (C=O) groups is 2. The topological polar surface area (TPSA) is 73.2 Å². The lowest BCUT2D eigenvalue weighted by Gasteiger charge is -2.19. The summed E-state index contributed by atoms with van der Waals surface area (Å²) in [6.07, 6.45) is -0.213. The van der Waals surface area contributed by atoms with E-state index in [9.17, 15) is 18.4 Å². The largest absolute Gasteiger partial charge is 0.457 e. The summed E-state index contributed by atoms with van der Waals surface area (Å²) in [4.78, 5) is 29.6. The normalized spacial score (nSPS) is 12.0. The highest BCUT2D eigenvalue weighted by Gasteiger charge is 2.23. The first-order valence-electron chi connectivity index (χ1n) is 10.4. The Hall–Kier alpha value is -3.78. The van der Waals surface area contributed by atoms with Gasteiger partial charge in [-0.05, 0) is 29.8 Å². The average molecular weight is 484 g/mol. The molecule has 0 spiro atoms. The van der Waals surface area contributed by atoms with Crippen molar-refractivity contribution in [3.63, 3.8) is 0 Å². The van der Waals surface area contributed by atoms with Gasteiger partial charge in [0.05, 0.1) is 34.1 Å². The summed E-state index contributed by atoms with van der Waals surface area (Å²) < 4.78 is 33.2. The Balaban J connectivity index is 1.49. The van der Waals surface area contributed by atoms with Crippen LogP contribution in [0.4, 0.5) is 8.78 Å². The molecule has 174 valence electrons. The number of ether oxygens (including phenoxy) is 1. The van der Waals surface area contributed by atoms with E-state index in [0.29, 0.717) is 11.1 Å². The molecule has 0 saturated carbocycles. The minimum atomic E-state index is -2.84. The van der Waals surface area contributed by atoms with E-state index < -0.39 is 31.1 Å². The van der Waals surface area contributed by atoms with Crippen LogP contribution in [0.1, 0.15) is 40.8 Å². The first-order valence-corrected chi connectivity index (χ1v) is 10.8. The fourth-order valence-corrected chi connectivity index (χ4v) is 3.83. The molecule has 34 heavy (non-hydrogen) atoms. The van der Waals surface area contributed by atoms with Gasteiger partial charge in [-0.2, -0.15) is 8.78 Å². The number of nitrogens with one attached hydrogen (secondary N) is 1. The minimum Gasteiger partial charge on any atom is -0.457 e. The summed E-state index contributed by atoms with van der Waals surface area (Å²) in [6.45, 7) is -3.27. The Morgan fingerprint density at radius 3 is 2.38 bits per heavy atom. The zero-order valence-corrected chi connectivity index (χ0v) is 18.6. The average Bonchev–Trinajstić information content (AvgIpc) is 3.22. The first-order chi connectivity index (χ1) is 16.4. The predicted octanol–water partition coefficient (Wildman–Crippen LogP) is 5.69. The number of rotatable bonds is 8. The van der Waals surface area contributed by atoms with Gasteiger partial charge in [0, 0.05) is 0 Å². The second kappa shape index (κ2) is 10.4. The molecule has 0 fully saturated rings. The molecule has 4 aromatic rings. The van der Waals surface area contributed by atoms with Crippen molar-refractivity contribution in [3.05, 3.63) is 101 Å². The number of halogens is 3. The highest BCUT2D eigenvalue weighted by atomic mass is 35.5. The lowest BCUT2D eigenvalue weighted by Crippen LogP contribution is -2.31. The lowest BCUT2D eigenvalue weighted by molar-refractivity contribution is -0.146. The monoisotopic (exact) mass is 483 g/mol. The molecule has 6 nitrogen and oxygen atoms in total. The highest BCUT2D eigenvalue weighted by molar-refractivity contribution is 6.33. The van der Waals surface area contributed by atoms with E-state index in [-0.39, 0.29) is 28.3 Å². The lowest BCUT2D eigenvalue weighted by atomic mass is 10.0. The van der Waals surface area contributed by atoms with Gasteiger partial charge in [-0.3, -0.25) is 14.2 Å². The van der Waals surface area contributed by atoms with Crippen molar-refractivity contribution >= 4 is 34.5 Å². The number of nitrogens with zero attached hydrogens (tertiary/aromatic N) is 2. The maximum atomic E-state index is 13.6. The molecule has 1 heterocycles. The van der Waals surface area contributed by atoms with Gasteiger partial charge in [0.2, 0.25) is 0 Å². The quantitative estimate of drug-likeness (QED) is 0.327. The molecule has 0 aliphatic heterocycles. The van der Waals surface area contributed by atoms with Gasteiger partial charge >= 0.3 is 12.5 Å². The van der Waals surface area contributed by atoms with Crippen molar-refractivity contribution in [1.29, 1.82) is 0 Å². The van der Waals surface area contributed by atoms with Gasteiger partial charge < -0.3 is 10.1 Å². The van der Waals surface area contributed by atoms with Gasteiger partial charge in [-0.15, -0.1) is 0 Å². The van der Waals surface area contributed by atoms with Crippen LogP contribution in [-0.2, 0) is 16.1 Å². The molecule has 1 amide bonds. The van der Waals surface area contributed by atoms with Crippen molar-refractivity contribution in [1.82, 2.24) is 14.9 Å². The summed E-state index contributed by atoms with van der Waals surface area (Å²) in [5, 5.41) is 3.08. The van der Waals surface area contributed by atoms with Crippen LogP contribution in [0.5, 0.6) is 0 Å². The Bertz CT molecular complexity index is 1310. The Morgan fingerprint density at radius 1 is 0.971 bits per heavy atom. The fraction of sp³-hybridized carbons (Fsp3) is 0.160. The molecule has 1 aromatic heterocycles. The molecule has 0 bridgehead atoms. The number of amides is 1. The smallest absolute Gasteiger partial charge is 0.320 e. The molecule has 1 unspecified atom stereocenters. The summed E-state index contributed by atoms with van der Waals surface area (Å²) >= 11 is 6.12. The second-order valence-electron chi connectivity index (χ2n) is 7.45. The highest BCUT2D eigenvalue weighted by Crippen LogP contribution is 2.25. The molecular weight excluding hydrogens is 464 g/mol. The molecule has 0 saturated heterocycles. The van der Waals surface area contributed by atoms with E-state index >= 15 is 0 Å². The molecule has 0 aliphatic rings. The van der Waals surface area contributed by atoms with Crippen LogP contribution >= 0.6 is 11.6 Å². The number of para-hydroxylation sites is 2. The van der Waals surface area contributed by atoms with Crippen LogP contribution in [-0.4, -0.2) is 21.4 Å². The molecule has 3 aromatic carbocycles. The SMILES string of the molecule is O=C(CC(NC(=O)c1ccccc1Cl)c1ccccc1)OCc1nc2ccccc2n1C(F)F. The first kappa shape index (κ1) is 23.4. The summed E-state index contributed by atoms with van der Waals surface area (Å²) in [5.74, 6) is -1.20. The van der Waals surface area contributed by atoms with Crippen molar-refractivity contribution in [2.75, 3.05) is 0 Å². The Morgan fingerprint density at radius 2 is 1.65 bits per heavy atom. The van der Waals surface area contributed by atoms with Crippen LogP contribution in [0.25, 0.3) is 11.0 Å². The summed E-state index contributed by atoms with van der Waals surface area (Å²) in [7, 11) is 0. The van der Waals surface area contributed by atoms with Crippen molar-refractivity contribution in [2.45, 2.75) is 25.6 Å². The van der Waals surface area contributed by atoms with Crippen LogP contribution in [0.15, 0.2) is 78.9 Å². The standard InChI is InChI=1S/C25H20ClF2N3O3/c26-18-11-5-4-10-17(18)24(33)30-20(16-8-2-1-3-9-16)14-23(32)34-15-22-29-19-12-6-7-13-21(19)31(22)25(27)28/h1-13,20,25H,14-15H2,(H,30,33). The van der Waals surface area contributed by atoms with Gasteiger partial charge in [0.1, 0.15) is 6.61 Å². The molecule has 1 N–H and O–H groups in total. The van der Waals surface area contributed by atoms with E-state index in [4.69, 9.17) is 16.3 Å². The molecule has 4 rings (SSSR count). The zero-order chi connectivity index (χ0) is 24.1. The number of benzene rings is 3. The third-order valence-electron chi connectivity index (χ3n) is 5.22. The van der Waals surface area contributed by atoms with Crippen LogP contribution < -0.4 is 5.32 Å². The third kappa shape index (κ3) is 5.23. The van der Waals surface area contributed by atoms with Gasteiger partial charge in [0.25, 0.3) is 5.91 Å². The van der Waals surface area contributed by atoms with Crippen LogP contribution in [0, 0.1) is 0 Å². The van der Waals surface area contributed by atoms with Gasteiger partial charge in [0.15, 0.2) is 5.82 Å². The van der Waals surface area contributed by atoms with E-state index in [0.717, 1.165) is 4.57 Å². The number of esters is 1. The van der Waals surface area contributed by atoms with Crippen molar-refractivity contribution in [2.24, 2.45) is 0 Å². The van der Waals surface area contributed by atoms with Crippen molar-refractivity contribution in [3.8, 4) is 0 Å². The van der Waals surface area contributed by atoms with E-state index in [1.165, 1.54) is 6.07 Å². The van der Waals surface area contributed by atoms with Crippen LogP contribution in [0.2, 0.25) is 5.02 Å². The molecule has 9 heteroatoms. The summed E-state index contributed by atoms with van der Waals surface area (Å²) in [5.41, 5.74) is 1.57. The number of carbonyl (C=O) groups excluding carboxylic acids is 2. The Labute approximate surface area is 199 Å². The number of imidazole rings is 1. The van der Waals surface area contributed by atoms with E-state index in [1.807, 2.05) is 6.07 Å². The maximum Gasteiger partial charge on any atom is 0.320 e. The number of hydrogen-bond acceptors (Lipinski definition) is 4. The van der Waals surface area contributed by atoms with Gasteiger partial charge in [-0.25, -0.2) is 4.98 Å². The molecule has 0 radical (unpaired) electrons. The Kier molecular flexibility index (Phi) is 7.18. The van der Waals surface area contributed by atoms with E-state index in [1.54, 1.807) is 66.7 Å². The maximum absolute atomic E-state index is 13.6. The fourth-order valence-electron chi connectivity index (χ4n) is 3.60. The number of aromatic nitrogens is 2. The minimum absolute atomic E-state index is 0.0686. The number of hydrogen-bond donors (Lipinski definition) is 1. The predicted molar refractivity (Wildman–Crippen MR) is 124 cm³/mol. The van der Waals surface area contributed by atoms with Gasteiger partial charge in [-0.1, -0.05) is 66.2 Å². The molecule has 1 atom stereocenters. The number of alkyl halides is 2. The van der Waals surface area contributed by atoms with Crippen LogP contribution in [0.3, 0.4) is 0 Å². The molecule has 0 aliphatic carbocycles.